The molecule has 0 spiro atoms. The Morgan fingerprint density at radius 1 is 1.24 bits per heavy atom. The second kappa shape index (κ2) is 5.37. The molecule has 1 unspecified atom stereocenters. The van der Waals surface area contributed by atoms with Crippen molar-refractivity contribution in [3.05, 3.63) is 36.4 Å². The van der Waals surface area contributed by atoms with Crippen LogP contribution in [0.5, 0.6) is 0 Å². The van der Waals surface area contributed by atoms with Crippen molar-refractivity contribution in [3.63, 3.8) is 0 Å². The molecule has 0 amide bonds. The Morgan fingerprint density at radius 3 is 2.76 bits per heavy atom. The predicted molar refractivity (Wildman–Crippen MR) is 74.9 cm³/mol. The summed E-state index contributed by atoms with van der Waals surface area (Å²) in [5, 5.41) is 1.38. The summed E-state index contributed by atoms with van der Waals surface area (Å²) in [6, 6.07) is 12.3. The average molecular weight is 249 g/mol. The molecule has 0 radical (unpaired) electrons. The van der Waals surface area contributed by atoms with E-state index in [-0.39, 0.29) is 5.38 Å². The first-order valence-corrected chi connectivity index (χ1v) is 6.31. The van der Waals surface area contributed by atoms with Crippen molar-refractivity contribution in [3.8, 4) is 0 Å². The lowest BCUT2D eigenvalue weighted by Crippen LogP contribution is -2.21. The number of hydrogen-bond acceptors (Lipinski definition) is 2. The molecule has 0 saturated heterocycles. The van der Waals surface area contributed by atoms with E-state index in [2.05, 4.69) is 35.1 Å². The summed E-state index contributed by atoms with van der Waals surface area (Å²) in [5.41, 5.74) is 1.04. The van der Waals surface area contributed by atoms with Gasteiger partial charge in [-0.1, -0.05) is 18.2 Å². The topological polar surface area (TPSA) is 16.1 Å². The van der Waals surface area contributed by atoms with Crippen LogP contribution in [0.1, 0.15) is 13.3 Å². The number of nitrogens with zero attached hydrogens (tertiary/aromatic N) is 2. The quantitative estimate of drug-likeness (QED) is 0.768. The maximum Gasteiger partial charge on any atom is 0.128 e. The number of aromatic nitrogens is 1. The molecule has 90 valence electrons. The zero-order chi connectivity index (χ0) is 12.3. The van der Waals surface area contributed by atoms with E-state index in [1.165, 1.54) is 5.39 Å². The second-order valence-corrected chi connectivity index (χ2v) is 5.10. The fourth-order valence-electron chi connectivity index (χ4n) is 1.75. The fraction of sp³-hybridized carbons (Fsp3) is 0.357. The Labute approximate surface area is 107 Å². The maximum absolute atomic E-state index is 5.96. The van der Waals surface area contributed by atoms with Crippen LogP contribution in [0.25, 0.3) is 10.9 Å². The van der Waals surface area contributed by atoms with E-state index in [0.29, 0.717) is 0 Å². The second-order valence-electron chi connectivity index (χ2n) is 4.35. The molecule has 2 nitrogen and oxygen atoms in total. The standard InChI is InChI=1S/C14H17ClN2/c1-11(15)9-10-17(2)14-8-7-12-5-3-4-6-13(12)16-14/h3-8,11H,9-10H2,1-2H3. The Balaban J connectivity index is 2.18. The molecular weight excluding hydrogens is 232 g/mol. The van der Waals surface area contributed by atoms with Crippen molar-refractivity contribution >= 4 is 28.3 Å². The van der Waals surface area contributed by atoms with Gasteiger partial charge in [-0.3, -0.25) is 0 Å². The third kappa shape index (κ3) is 3.10. The summed E-state index contributed by atoms with van der Waals surface area (Å²) in [6.07, 6.45) is 0.965. The summed E-state index contributed by atoms with van der Waals surface area (Å²) in [7, 11) is 2.05. The van der Waals surface area contributed by atoms with Crippen LogP contribution >= 0.6 is 11.6 Å². The summed E-state index contributed by atoms with van der Waals surface area (Å²) < 4.78 is 0. The molecule has 1 atom stereocenters. The van der Waals surface area contributed by atoms with Crippen LogP contribution in [0.4, 0.5) is 5.82 Å². The number of fused-ring (bicyclic) bond motifs is 1. The first-order chi connectivity index (χ1) is 8.16. The lowest BCUT2D eigenvalue weighted by molar-refractivity contribution is 0.767. The van der Waals surface area contributed by atoms with Gasteiger partial charge in [-0.15, -0.1) is 11.6 Å². The molecule has 3 heteroatoms. The molecular formula is C14H17ClN2. The molecule has 1 aromatic heterocycles. The smallest absolute Gasteiger partial charge is 0.128 e. The minimum absolute atomic E-state index is 0.206. The monoisotopic (exact) mass is 248 g/mol. The summed E-state index contributed by atoms with van der Waals surface area (Å²) >= 11 is 5.96. The molecule has 2 rings (SSSR count). The number of halogens is 1. The molecule has 0 bridgehead atoms. The number of rotatable bonds is 4. The van der Waals surface area contributed by atoms with Gasteiger partial charge in [0.25, 0.3) is 0 Å². The lowest BCUT2D eigenvalue weighted by Gasteiger charge is -2.19. The van der Waals surface area contributed by atoms with Crippen LogP contribution in [0.2, 0.25) is 0 Å². The van der Waals surface area contributed by atoms with Crippen LogP contribution in [-0.2, 0) is 0 Å². The summed E-state index contributed by atoms with van der Waals surface area (Å²) in [4.78, 5) is 6.78. The van der Waals surface area contributed by atoms with Gasteiger partial charge in [0.15, 0.2) is 0 Å². The predicted octanol–water partition coefficient (Wildman–Crippen LogP) is 3.69. The van der Waals surface area contributed by atoms with Crippen LogP contribution in [0, 0.1) is 0 Å². The minimum Gasteiger partial charge on any atom is -0.360 e. The van der Waals surface area contributed by atoms with Crippen molar-refractivity contribution in [2.45, 2.75) is 18.7 Å². The highest BCUT2D eigenvalue weighted by Crippen LogP contribution is 2.17. The van der Waals surface area contributed by atoms with E-state index in [4.69, 9.17) is 11.6 Å². The van der Waals surface area contributed by atoms with Gasteiger partial charge in [0.2, 0.25) is 0 Å². The Bertz CT molecular complexity index is 496. The van der Waals surface area contributed by atoms with Crippen molar-refractivity contribution in [2.24, 2.45) is 0 Å². The highest BCUT2D eigenvalue weighted by atomic mass is 35.5. The number of anilines is 1. The highest BCUT2D eigenvalue weighted by Gasteiger charge is 2.05. The van der Waals surface area contributed by atoms with E-state index >= 15 is 0 Å². The third-order valence-electron chi connectivity index (χ3n) is 2.84. The van der Waals surface area contributed by atoms with Crippen LogP contribution in [0.3, 0.4) is 0 Å². The van der Waals surface area contributed by atoms with E-state index < -0.39 is 0 Å². The maximum atomic E-state index is 5.96. The van der Waals surface area contributed by atoms with Crippen LogP contribution in [0.15, 0.2) is 36.4 Å². The fourth-order valence-corrected chi connectivity index (χ4v) is 1.85. The molecule has 0 aliphatic heterocycles. The molecule has 1 aromatic carbocycles. The minimum atomic E-state index is 0.206. The SMILES string of the molecule is CC(Cl)CCN(C)c1ccc2ccccc2n1. The van der Waals surface area contributed by atoms with Gasteiger partial charge < -0.3 is 4.90 Å². The van der Waals surface area contributed by atoms with Gasteiger partial charge in [0.1, 0.15) is 5.82 Å². The lowest BCUT2D eigenvalue weighted by atomic mass is 10.2. The summed E-state index contributed by atoms with van der Waals surface area (Å²) in [5.74, 6) is 1.00. The van der Waals surface area contributed by atoms with Gasteiger partial charge in [-0.2, -0.15) is 0 Å². The van der Waals surface area contributed by atoms with E-state index in [0.717, 1.165) is 24.3 Å². The molecule has 17 heavy (non-hydrogen) atoms. The Morgan fingerprint density at radius 2 is 2.00 bits per heavy atom. The molecule has 0 aliphatic rings. The van der Waals surface area contributed by atoms with Crippen LogP contribution < -0.4 is 4.90 Å². The van der Waals surface area contributed by atoms with Crippen molar-refractivity contribution < 1.29 is 0 Å². The zero-order valence-electron chi connectivity index (χ0n) is 10.2. The molecule has 0 N–H and O–H groups in total. The Kier molecular flexibility index (Phi) is 3.85. The average Bonchev–Trinajstić information content (AvgIpc) is 2.35. The first kappa shape index (κ1) is 12.2. The number of benzene rings is 1. The Hall–Kier alpha value is -1.28. The van der Waals surface area contributed by atoms with Gasteiger partial charge >= 0.3 is 0 Å². The number of alkyl halides is 1. The zero-order valence-corrected chi connectivity index (χ0v) is 11.0. The van der Waals surface area contributed by atoms with E-state index in [9.17, 15) is 0 Å². The molecule has 0 saturated carbocycles. The normalized spacial score (nSPS) is 12.6. The largest absolute Gasteiger partial charge is 0.360 e. The first-order valence-electron chi connectivity index (χ1n) is 5.88. The van der Waals surface area contributed by atoms with Crippen molar-refractivity contribution in [2.75, 3.05) is 18.5 Å². The number of para-hydroxylation sites is 1. The van der Waals surface area contributed by atoms with Crippen molar-refractivity contribution in [1.82, 2.24) is 4.98 Å². The van der Waals surface area contributed by atoms with Gasteiger partial charge in [0, 0.05) is 24.4 Å². The molecule has 2 aromatic rings. The van der Waals surface area contributed by atoms with Gasteiger partial charge in [-0.05, 0) is 31.5 Å². The third-order valence-corrected chi connectivity index (χ3v) is 3.06. The molecule has 1 heterocycles. The number of pyridine rings is 1. The number of hydrogen-bond donors (Lipinski definition) is 0. The highest BCUT2D eigenvalue weighted by molar-refractivity contribution is 6.20. The van der Waals surface area contributed by atoms with Gasteiger partial charge in [0.05, 0.1) is 5.52 Å². The summed E-state index contributed by atoms with van der Waals surface area (Å²) in [6.45, 7) is 2.94. The van der Waals surface area contributed by atoms with Gasteiger partial charge in [-0.25, -0.2) is 4.98 Å². The molecule has 0 fully saturated rings. The van der Waals surface area contributed by atoms with E-state index in [1.807, 2.05) is 25.1 Å². The molecule has 0 aliphatic carbocycles. The van der Waals surface area contributed by atoms with E-state index in [1.54, 1.807) is 0 Å². The van der Waals surface area contributed by atoms with Crippen LogP contribution in [-0.4, -0.2) is 24.0 Å². The van der Waals surface area contributed by atoms with Crippen molar-refractivity contribution in [1.29, 1.82) is 0 Å².